The van der Waals surface area contributed by atoms with Gasteiger partial charge in [-0.05, 0) is 35.6 Å². The highest BCUT2D eigenvalue weighted by atomic mass is 32.1. The van der Waals surface area contributed by atoms with E-state index in [1.54, 1.807) is 24.4 Å². The minimum Gasteiger partial charge on any atom is -0.465 e. The Morgan fingerprint density at radius 1 is 1.29 bits per heavy atom. The summed E-state index contributed by atoms with van der Waals surface area (Å²) in [6.07, 6.45) is 0.107. The Morgan fingerprint density at radius 3 is 2.57 bits per heavy atom. The van der Waals surface area contributed by atoms with Gasteiger partial charge in [0.15, 0.2) is 0 Å². The van der Waals surface area contributed by atoms with Gasteiger partial charge in [0.25, 0.3) is 0 Å². The van der Waals surface area contributed by atoms with Crippen molar-refractivity contribution in [3.05, 3.63) is 51.5 Å². The first-order valence-corrected chi connectivity index (χ1v) is 7.10. The van der Waals surface area contributed by atoms with Crippen molar-refractivity contribution in [2.75, 3.05) is 12.4 Å². The lowest BCUT2D eigenvalue weighted by Gasteiger charge is -2.07. The van der Waals surface area contributed by atoms with Crippen LogP contribution in [0.15, 0.2) is 29.6 Å². The molecule has 0 spiro atoms. The van der Waals surface area contributed by atoms with Crippen LogP contribution in [0.4, 0.5) is 10.1 Å². The summed E-state index contributed by atoms with van der Waals surface area (Å²) in [5.41, 5.74) is 1.97. The molecule has 0 saturated heterocycles. The predicted molar refractivity (Wildman–Crippen MR) is 79.1 cm³/mol. The molecule has 4 nitrogen and oxygen atoms in total. The number of methoxy groups -OCH3 is 1. The average Bonchev–Trinajstić information content (AvgIpc) is 2.82. The molecule has 6 heteroatoms. The molecule has 0 aliphatic carbocycles. The first-order valence-electron chi connectivity index (χ1n) is 6.22. The molecule has 1 aromatic heterocycles. The van der Waals surface area contributed by atoms with Crippen LogP contribution < -0.4 is 5.32 Å². The van der Waals surface area contributed by atoms with E-state index in [1.165, 1.54) is 30.6 Å². The number of hydrogen-bond donors (Lipinski definition) is 1. The van der Waals surface area contributed by atoms with Crippen LogP contribution in [0.2, 0.25) is 0 Å². The SMILES string of the molecule is COC(=O)c1scc(C)c1NC(=O)Cc1ccc(F)cc1. The van der Waals surface area contributed by atoms with Gasteiger partial charge in [0.05, 0.1) is 19.2 Å². The molecule has 0 radical (unpaired) electrons. The lowest BCUT2D eigenvalue weighted by Crippen LogP contribution is -2.16. The smallest absolute Gasteiger partial charge is 0.350 e. The number of rotatable bonds is 4. The zero-order chi connectivity index (χ0) is 15.4. The minimum absolute atomic E-state index is 0.107. The Hall–Kier alpha value is -2.21. The molecule has 0 saturated carbocycles. The Bertz CT molecular complexity index is 664. The van der Waals surface area contributed by atoms with Gasteiger partial charge in [-0.15, -0.1) is 11.3 Å². The van der Waals surface area contributed by atoms with Crippen LogP contribution in [0.1, 0.15) is 20.8 Å². The van der Waals surface area contributed by atoms with Crippen LogP contribution in [0.3, 0.4) is 0 Å². The number of thiophene rings is 1. The topological polar surface area (TPSA) is 55.4 Å². The first kappa shape index (κ1) is 15.2. The fourth-order valence-electron chi connectivity index (χ4n) is 1.81. The summed E-state index contributed by atoms with van der Waals surface area (Å²) in [5, 5.41) is 4.49. The van der Waals surface area contributed by atoms with Crippen LogP contribution in [0, 0.1) is 12.7 Å². The molecule has 1 heterocycles. The van der Waals surface area contributed by atoms with Crippen LogP contribution in [0.5, 0.6) is 0 Å². The molecule has 2 rings (SSSR count). The normalized spacial score (nSPS) is 10.2. The second-order valence-corrected chi connectivity index (χ2v) is 5.35. The van der Waals surface area contributed by atoms with Crippen molar-refractivity contribution in [1.82, 2.24) is 0 Å². The highest BCUT2D eigenvalue weighted by molar-refractivity contribution is 7.12. The zero-order valence-corrected chi connectivity index (χ0v) is 12.4. The third kappa shape index (κ3) is 3.66. The molecule has 0 unspecified atom stereocenters. The highest BCUT2D eigenvalue weighted by Gasteiger charge is 2.18. The molecule has 0 aliphatic heterocycles. The van der Waals surface area contributed by atoms with Crippen LogP contribution in [-0.2, 0) is 16.0 Å². The van der Waals surface area contributed by atoms with E-state index in [4.69, 9.17) is 0 Å². The summed E-state index contributed by atoms with van der Waals surface area (Å²) in [7, 11) is 1.29. The van der Waals surface area contributed by atoms with Gasteiger partial charge in [-0.3, -0.25) is 4.79 Å². The van der Waals surface area contributed by atoms with Crippen molar-refractivity contribution in [1.29, 1.82) is 0 Å². The third-order valence-electron chi connectivity index (χ3n) is 2.89. The molecular formula is C15H14FNO3S. The molecule has 0 aliphatic rings. The summed E-state index contributed by atoms with van der Waals surface area (Å²) in [5.74, 6) is -1.10. The highest BCUT2D eigenvalue weighted by Crippen LogP contribution is 2.28. The predicted octanol–water partition coefficient (Wildman–Crippen LogP) is 3.16. The molecule has 1 amide bonds. The van der Waals surface area contributed by atoms with Crippen LogP contribution in [-0.4, -0.2) is 19.0 Å². The maximum Gasteiger partial charge on any atom is 0.350 e. The number of amides is 1. The van der Waals surface area contributed by atoms with Gasteiger partial charge < -0.3 is 10.1 Å². The fourth-order valence-corrected chi connectivity index (χ4v) is 2.74. The van der Waals surface area contributed by atoms with Crippen LogP contribution >= 0.6 is 11.3 Å². The summed E-state index contributed by atoms with van der Waals surface area (Å²) in [6, 6.07) is 5.71. The molecule has 2 aromatic rings. The summed E-state index contributed by atoms with van der Waals surface area (Å²) < 4.78 is 17.5. The number of hydrogen-bond acceptors (Lipinski definition) is 4. The second-order valence-electron chi connectivity index (χ2n) is 4.47. The second kappa shape index (κ2) is 6.49. The van der Waals surface area contributed by atoms with Crippen molar-refractivity contribution in [3.63, 3.8) is 0 Å². The lowest BCUT2D eigenvalue weighted by atomic mass is 10.1. The van der Waals surface area contributed by atoms with Gasteiger partial charge >= 0.3 is 5.97 Å². The van der Waals surface area contributed by atoms with E-state index in [-0.39, 0.29) is 18.1 Å². The summed E-state index contributed by atoms with van der Waals surface area (Å²) in [6.45, 7) is 1.80. The number of benzene rings is 1. The van der Waals surface area contributed by atoms with E-state index in [0.717, 1.165) is 5.56 Å². The summed E-state index contributed by atoms with van der Waals surface area (Å²) >= 11 is 1.22. The maximum absolute atomic E-state index is 12.8. The lowest BCUT2D eigenvalue weighted by molar-refractivity contribution is -0.115. The van der Waals surface area contributed by atoms with Crippen molar-refractivity contribution in [3.8, 4) is 0 Å². The fraction of sp³-hybridized carbons (Fsp3) is 0.200. The largest absolute Gasteiger partial charge is 0.465 e. The number of ether oxygens (including phenoxy) is 1. The minimum atomic E-state index is -0.481. The maximum atomic E-state index is 12.8. The van der Waals surface area contributed by atoms with Crippen molar-refractivity contribution in [2.45, 2.75) is 13.3 Å². The molecule has 21 heavy (non-hydrogen) atoms. The molecule has 1 N–H and O–H groups in total. The Labute approximate surface area is 125 Å². The number of aryl methyl sites for hydroxylation is 1. The van der Waals surface area contributed by atoms with E-state index in [2.05, 4.69) is 10.1 Å². The number of carbonyl (C=O) groups is 2. The molecule has 110 valence electrons. The van der Waals surface area contributed by atoms with Gasteiger partial charge in [-0.1, -0.05) is 12.1 Å². The molecule has 0 bridgehead atoms. The van der Waals surface area contributed by atoms with Crippen molar-refractivity contribution < 1.29 is 18.7 Å². The quantitative estimate of drug-likeness (QED) is 0.883. The number of anilines is 1. The third-order valence-corrected chi connectivity index (χ3v) is 3.97. The van der Waals surface area contributed by atoms with Gasteiger partial charge in [0.1, 0.15) is 10.7 Å². The van der Waals surface area contributed by atoms with Crippen molar-refractivity contribution in [2.24, 2.45) is 0 Å². The standard InChI is InChI=1S/C15H14FNO3S/c1-9-8-21-14(15(19)20-2)13(9)17-12(18)7-10-3-5-11(16)6-4-10/h3-6,8H,7H2,1-2H3,(H,17,18). The number of esters is 1. The van der Waals surface area contributed by atoms with Gasteiger partial charge in [-0.2, -0.15) is 0 Å². The van der Waals surface area contributed by atoms with E-state index >= 15 is 0 Å². The van der Waals surface area contributed by atoms with Crippen molar-refractivity contribution >= 4 is 28.9 Å². The van der Waals surface area contributed by atoms with Crippen LogP contribution in [0.25, 0.3) is 0 Å². The van der Waals surface area contributed by atoms with E-state index in [1.807, 2.05) is 0 Å². The Balaban J connectivity index is 2.11. The Kier molecular flexibility index (Phi) is 4.70. The number of halogens is 1. The van der Waals surface area contributed by atoms with Gasteiger partial charge in [0.2, 0.25) is 5.91 Å². The first-order chi connectivity index (χ1) is 10.0. The zero-order valence-electron chi connectivity index (χ0n) is 11.6. The van der Waals surface area contributed by atoms with Gasteiger partial charge in [0, 0.05) is 0 Å². The summed E-state index contributed by atoms with van der Waals surface area (Å²) in [4.78, 5) is 24.0. The Morgan fingerprint density at radius 2 is 1.95 bits per heavy atom. The molecule has 1 aromatic carbocycles. The monoisotopic (exact) mass is 307 g/mol. The average molecular weight is 307 g/mol. The van der Waals surface area contributed by atoms with E-state index in [9.17, 15) is 14.0 Å². The number of carbonyl (C=O) groups excluding carboxylic acids is 2. The molecular weight excluding hydrogens is 293 g/mol. The number of nitrogens with one attached hydrogen (secondary N) is 1. The molecule has 0 atom stereocenters. The van der Waals surface area contributed by atoms with E-state index in [0.29, 0.717) is 16.1 Å². The van der Waals surface area contributed by atoms with E-state index < -0.39 is 5.97 Å². The molecule has 0 fully saturated rings. The van der Waals surface area contributed by atoms with Gasteiger partial charge in [-0.25, -0.2) is 9.18 Å².